The molecule has 0 atom stereocenters. The summed E-state index contributed by atoms with van der Waals surface area (Å²) in [5, 5.41) is 44.0. The average Bonchev–Trinajstić information content (AvgIpc) is 1.07. The third-order valence-corrected chi connectivity index (χ3v) is 14.3. The monoisotopic (exact) mass is 1320 g/mol. The molecule has 522 valence electrons. The van der Waals surface area contributed by atoms with E-state index in [-0.39, 0.29) is 151 Å². The van der Waals surface area contributed by atoms with E-state index in [1.165, 1.54) is 6.92 Å². The second-order valence-electron chi connectivity index (χ2n) is 23.9. The molecular weight excluding hydrogens is 1220 g/mol. The van der Waals surface area contributed by atoms with Gasteiger partial charge in [0.2, 0.25) is 35.4 Å². The summed E-state index contributed by atoms with van der Waals surface area (Å²) in [4.78, 5) is 242. The van der Waals surface area contributed by atoms with E-state index >= 15 is 0 Å². The van der Waals surface area contributed by atoms with Gasteiger partial charge in [0.05, 0.1) is 58.9 Å². The molecule has 31 heteroatoms. The normalized spacial score (nSPS) is 11.1. The Hall–Kier alpha value is -8.19. The summed E-state index contributed by atoms with van der Waals surface area (Å²) in [6.45, 7) is 5.93. The molecule has 6 amide bonds. The maximum absolute atomic E-state index is 13.4. The first-order chi connectivity index (χ1) is 43.5. The Morgan fingerprint density at radius 2 is 0.516 bits per heavy atom. The summed E-state index contributed by atoms with van der Waals surface area (Å²) >= 11 is 0. The van der Waals surface area contributed by atoms with Crippen LogP contribution in [0.5, 0.6) is 0 Å². The van der Waals surface area contributed by atoms with E-state index in [4.69, 9.17) is 0 Å². The number of ketones is 10. The van der Waals surface area contributed by atoms with Gasteiger partial charge in [-0.25, -0.2) is 0 Å². The predicted octanol–water partition coefficient (Wildman–Crippen LogP) is -0.432. The number of nitrogens with one attached hydrogen (secondary N) is 6. The largest absolute Gasteiger partial charge is 0.480 e. The van der Waals surface area contributed by atoms with Crippen molar-refractivity contribution < 1.29 is 106 Å². The van der Waals surface area contributed by atoms with Crippen LogP contribution in [0, 0.1) is 5.41 Å². The van der Waals surface area contributed by atoms with Crippen LogP contribution in [0.2, 0.25) is 0 Å². The number of carboxylic acid groups (broad SMARTS) is 3. The standard InChI is InChI=1S/C62H97N9O22/c1-40(2)63-28-44(73)11-17-56(85)69(37-59(88)89)34-50(79)8-14-53(82)66-31-47(76)21-25-62(24-20-43(7)72,26-22-48(77)32-67-54(83)15-9-51(80)35-70(38-60(90)91)57(86)18-12-45(74)29-64-41(3)4)27-23-49(78)33-68-55(84)16-10-52(81)36-71(39-61(92)93)58(87)19-13-46(75)30-65-42(5)6/h40-42,63-65H,8-39H2,1-7H3,(H,66,82)(H,67,83)(H,68,84)(H,88,89)(H,90,91)(H,92,93). The van der Waals surface area contributed by atoms with Crippen molar-refractivity contribution in [2.24, 2.45) is 5.41 Å². The number of nitrogens with zero attached hydrogens (tertiary/aromatic N) is 3. The third kappa shape index (κ3) is 44.9. The fourth-order valence-electron chi connectivity index (χ4n) is 8.78. The summed E-state index contributed by atoms with van der Waals surface area (Å²) in [5.74, 6) is -13.8. The lowest BCUT2D eigenvalue weighted by Crippen LogP contribution is -2.40. The molecule has 0 fully saturated rings. The highest BCUT2D eigenvalue weighted by atomic mass is 16.4. The van der Waals surface area contributed by atoms with Crippen molar-refractivity contribution in [1.29, 1.82) is 0 Å². The molecular formula is C62H97N9O22. The van der Waals surface area contributed by atoms with Crippen LogP contribution in [0.3, 0.4) is 0 Å². The van der Waals surface area contributed by atoms with Crippen LogP contribution in [-0.2, 0) is 91.1 Å². The molecule has 0 aromatic heterocycles. The third-order valence-electron chi connectivity index (χ3n) is 14.3. The summed E-state index contributed by atoms with van der Waals surface area (Å²) in [6.07, 6.45) is -5.56. The Bertz CT molecular complexity index is 2390. The Labute approximate surface area is 541 Å². The number of Topliss-reactive ketones (excluding diaryl/α,β-unsaturated/α-hetero) is 10. The summed E-state index contributed by atoms with van der Waals surface area (Å²) in [5.41, 5.74) is -1.14. The number of hydrogen-bond donors (Lipinski definition) is 9. The summed E-state index contributed by atoms with van der Waals surface area (Å²) in [7, 11) is 0. The molecule has 0 aliphatic carbocycles. The molecule has 31 nitrogen and oxygen atoms in total. The first kappa shape index (κ1) is 84.8. The molecule has 0 aliphatic heterocycles. The molecule has 9 N–H and O–H groups in total. The lowest BCUT2D eigenvalue weighted by atomic mass is 9.70. The second-order valence-corrected chi connectivity index (χ2v) is 23.9. The lowest BCUT2D eigenvalue weighted by molar-refractivity contribution is -0.146. The molecule has 0 spiro atoms. The van der Waals surface area contributed by atoms with Crippen molar-refractivity contribution >= 4 is 111 Å². The number of rotatable bonds is 57. The van der Waals surface area contributed by atoms with Crippen LogP contribution in [0.1, 0.15) is 177 Å². The minimum atomic E-state index is -1.42. The fourth-order valence-corrected chi connectivity index (χ4v) is 8.78. The van der Waals surface area contributed by atoms with Crippen molar-refractivity contribution in [2.75, 3.05) is 78.5 Å². The average molecular weight is 1320 g/mol. The van der Waals surface area contributed by atoms with E-state index in [2.05, 4.69) is 31.9 Å². The maximum atomic E-state index is 13.4. The van der Waals surface area contributed by atoms with Gasteiger partial charge >= 0.3 is 17.9 Å². The van der Waals surface area contributed by atoms with Gasteiger partial charge in [-0.15, -0.1) is 0 Å². The molecule has 0 aliphatic rings. The first-order valence-electron chi connectivity index (χ1n) is 31.1. The predicted molar refractivity (Wildman–Crippen MR) is 332 cm³/mol. The minimum Gasteiger partial charge on any atom is -0.480 e. The van der Waals surface area contributed by atoms with E-state index in [0.29, 0.717) is 0 Å². The molecule has 0 radical (unpaired) electrons. The van der Waals surface area contributed by atoms with Gasteiger partial charge in [0.15, 0.2) is 34.7 Å². The molecule has 0 heterocycles. The Kier molecular flexibility index (Phi) is 42.7. The minimum absolute atomic E-state index is 0.00327. The number of carbonyl (C=O) groups excluding carboxylic acids is 16. The van der Waals surface area contributed by atoms with E-state index in [1.807, 2.05) is 41.5 Å². The van der Waals surface area contributed by atoms with Gasteiger partial charge < -0.3 is 66.7 Å². The van der Waals surface area contributed by atoms with Crippen molar-refractivity contribution in [3.63, 3.8) is 0 Å². The Morgan fingerprint density at radius 1 is 0.290 bits per heavy atom. The van der Waals surface area contributed by atoms with E-state index in [0.717, 1.165) is 14.7 Å². The van der Waals surface area contributed by atoms with E-state index < -0.39 is 191 Å². The SMILES string of the molecule is CC(=O)CCC(CCC(=O)CNC(=O)CCC(=O)CN(CC(=O)O)C(=O)CCC(=O)CNC(C)C)(CCC(=O)CNC(=O)CCC(=O)CN(CC(=O)O)C(=O)CCC(=O)CNC(C)C)CCC(=O)CNC(=O)CCC(=O)CN(CC(=O)O)C(=O)CCC(=O)CNC(C)C. The number of amides is 6. The molecule has 0 bridgehead atoms. The molecule has 0 saturated heterocycles. The highest BCUT2D eigenvalue weighted by Gasteiger charge is 2.33. The van der Waals surface area contributed by atoms with Gasteiger partial charge in [0.1, 0.15) is 42.8 Å². The Balaban J connectivity index is 6.13. The Morgan fingerprint density at radius 3 is 0.742 bits per heavy atom. The molecule has 0 saturated carbocycles. The number of carboxylic acids is 3. The van der Waals surface area contributed by atoms with Gasteiger partial charge in [0.25, 0.3) is 0 Å². The van der Waals surface area contributed by atoms with Crippen LogP contribution >= 0.6 is 0 Å². The highest BCUT2D eigenvalue weighted by molar-refractivity contribution is 5.96. The van der Waals surface area contributed by atoms with Gasteiger partial charge in [-0.2, -0.15) is 0 Å². The molecule has 0 aromatic carbocycles. The first-order valence-corrected chi connectivity index (χ1v) is 31.1. The van der Waals surface area contributed by atoms with Crippen LogP contribution in [0.25, 0.3) is 0 Å². The van der Waals surface area contributed by atoms with Gasteiger partial charge in [-0.05, 0) is 38.0 Å². The van der Waals surface area contributed by atoms with Gasteiger partial charge in [0, 0.05) is 121 Å². The van der Waals surface area contributed by atoms with Crippen molar-refractivity contribution in [3.05, 3.63) is 0 Å². The van der Waals surface area contributed by atoms with E-state index in [9.17, 15) is 106 Å². The number of aliphatic carboxylic acids is 3. The van der Waals surface area contributed by atoms with Crippen LogP contribution in [-0.4, -0.2) is 238 Å². The molecule has 0 unspecified atom stereocenters. The van der Waals surface area contributed by atoms with Crippen molar-refractivity contribution in [2.45, 2.75) is 195 Å². The molecule has 93 heavy (non-hydrogen) atoms. The smallest absolute Gasteiger partial charge is 0.323 e. The van der Waals surface area contributed by atoms with Crippen LogP contribution < -0.4 is 31.9 Å². The van der Waals surface area contributed by atoms with Crippen LogP contribution in [0.15, 0.2) is 0 Å². The highest BCUT2D eigenvalue weighted by Crippen LogP contribution is 2.40. The van der Waals surface area contributed by atoms with Gasteiger partial charge in [-0.3, -0.25) is 86.3 Å². The van der Waals surface area contributed by atoms with E-state index in [1.54, 1.807) is 0 Å². The zero-order chi connectivity index (χ0) is 70.8. The van der Waals surface area contributed by atoms with Gasteiger partial charge in [-0.1, -0.05) is 41.5 Å². The fraction of sp³-hybridized carbons (Fsp3) is 0.694. The molecule has 0 aromatic rings. The number of hydrogen-bond acceptors (Lipinski definition) is 22. The van der Waals surface area contributed by atoms with Crippen molar-refractivity contribution in [3.8, 4) is 0 Å². The topological polar surface area (TPSA) is 467 Å². The summed E-state index contributed by atoms with van der Waals surface area (Å²) < 4.78 is 0. The second kappa shape index (κ2) is 46.8. The zero-order valence-corrected chi connectivity index (χ0v) is 54.8. The zero-order valence-electron chi connectivity index (χ0n) is 54.8. The van der Waals surface area contributed by atoms with Crippen LogP contribution in [0.4, 0.5) is 0 Å². The maximum Gasteiger partial charge on any atom is 0.323 e. The molecule has 0 rings (SSSR count). The van der Waals surface area contributed by atoms with Crippen molar-refractivity contribution in [1.82, 2.24) is 46.6 Å². The number of carbonyl (C=O) groups is 19. The quantitative estimate of drug-likeness (QED) is 0.0373. The lowest BCUT2D eigenvalue weighted by Gasteiger charge is -2.34. The summed E-state index contributed by atoms with van der Waals surface area (Å²) in [6, 6.07) is -0.00980.